The van der Waals surface area contributed by atoms with Crippen LogP contribution in [0.3, 0.4) is 0 Å². The van der Waals surface area contributed by atoms with Crippen molar-refractivity contribution in [2.75, 3.05) is 41.5 Å². The molecule has 3 aliphatic heterocycles. The molecule has 2 saturated carbocycles. The minimum atomic E-state index is -0.896. The van der Waals surface area contributed by atoms with Gasteiger partial charge in [-0.15, -0.1) is 0 Å². The molecule has 9 atom stereocenters. The van der Waals surface area contributed by atoms with Crippen LogP contribution in [0.25, 0.3) is 33.2 Å². The number of hydrogen-bond donors (Lipinski definition) is 4. The van der Waals surface area contributed by atoms with E-state index >= 15 is 0 Å². The molecule has 16 heteroatoms. The maximum atomic E-state index is 14.1. The number of piperidine rings is 1. The van der Waals surface area contributed by atoms with Gasteiger partial charge in [0.2, 0.25) is 11.8 Å². The fraction of sp³-hybridized carbons (Fsp3) is 0.500. The first kappa shape index (κ1) is 43.3. The molecule has 6 unspecified atom stereocenters. The number of imidazole rings is 1. The van der Waals surface area contributed by atoms with Crippen LogP contribution in [0.2, 0.25) is 0 Å². The summed E-state index contributed by atoms with van der Waals surface area (Å²) < 4.78 is 20.6. The van der Waals surface area contributed by atoms with Gasteiger partial charge in [-0.05, 0) is 103 Å². The van der Waals surface area contributed by atoms with Crippen LogP contribution >= 0.6 is 0 Å². The van der Waals surface area contributed by atoms with Crippen LogP contribution in [0.1, 0.15) is 75.8 Å². The number of benzene rings is 3. The van der Waals surface area contributed by atoms with Crippen LogP contribution in [0, 0.1) is 11.3 Å². The van der Waals surface area contributed by atoms with Crippen LogP contribution < -0.4 is 16.0 Å². The molecule has 1 spiro atoms. The second-order valence-corrected chi connectivity index (χ2v) is 18.2. The number of methoxy groups -OCH3 is 4. The van der Waals surface area contributed by atoms with E-state index in [9.17, 15) is 19.2 Å². The van der Waals surface area contributed by atoms with Crippen LogP contribution in [0.4, 0.5) is 9.59 Å². The van der Waals surface area contributed by atoms with E-state index in [4.69, 9.17) is 28.9 Å². The van der Waals surface area contributed by atoms with Gasteiger partial charge in [-0.2, -0.15) is 0 Å². The molecule has 2 saturated heterocycles. The number of hydrogen-bond acceptors (Lipinski definition) is 11. The Morgan fingerprint density at radius 1 is 0.797 bits per heavy atom. The quantitative estimate of drug-likeness (QED) is 0.126. The number of carbonyl (C=O) groups is 4. The fourth-order valence-electron chi connectivity index (χ4n) is 10.5. The number of aromatic nitrogens is 2. The molecule has 4 aromatic rings. The first-order valence-electron chi connectivity index (χ1n) is 22.3. The molecular weight excluding hydrogens is 817 g/mol. The topological polar surface area (TPSA) is 189 Å². The van der Waals surface area contributed by atoms with Crippen molar-refractivity contribution in [3.8, 4) is 22.4 Å². The number of ether oxygens (including phenoxy) is 4. The van der Waals surface area contributed by atoms with Gasteiger partial charge in [0.15, 0.2) is 0 Å². The summed E-state index contributed by atoms with van der Waals surface area (Å²) in [6.07, 6.45) is 5.19. The molecule has 4 amide bonds. The zero-order valence-electron chi connectivity index (χ0n) is 37.3. The van der Waals surface area contributed by atoms with Crippen molar-refractivity contribution in [3.05, 3.63) is 78.2 Å². The number of amides is 4. The number of aromatic amines is 1. The third-order valence-electron chi connectivity index (χ3n) is 14.5. The van der Waals surface area contributed by atoms with E-state index in [0.717, 1.165) is 88.9 Å². The highest BCUT2D eigenvalue weighted by molar-refractivity contribution is 5.96. The predicted molar refractivity (Wildman–Crippen MR) is 239 cm³/mol. The standard InChI is InChI=1S/C48H58N8O8/c1-26(61-3)39(53-46(59)63-5)44(57)55-25-48(17-18-48)22-38(55)42-49-24-37(51-42)33-14-13-31-19-30(11-12-32(31)20-33)28-7-9-29(10-8-28)36-23-50-43(52-36)41-34-15-16-35(21-34)56(41)45(58)40(27(2)62-4)54-47(60)64-6/h7-14,19-20,24,26-27,34-36,38-41H,15-18,21-23,25H2,1-6H3,(H,49,51)(H,50,52)(H,53,59)(H,54,60)/t26?,27?,34?,35?,36?,38-,39-,40-,41?/m0/s1. The Morgan fingerprint density at radius 3 is 2.06 bits per heavy atom. The summed E-state index contributed by atoms with van der Waals surface area (Å²) in [6.45, 7) is 4.71. The summed E-state index contributed by atoms with van der Waals surface area (Å²) in [7, 11) is 5.61. The maximum Gasteiger partial charge on any atom is 0.407 e. The van der Waals surface area contributed by atoms with Crippen molar-refractivity contribution in [3.63, 3.8) is 0 Å². The molecule has 0 radical (unpaired) electrons. The molecule has 4 heterocycles. The van der Waals surface area contributed by atoms with E-state index in [0.29, 0.717) is 19.0 Å². The summed E-state index contributed by atoms with van der Waals surface area (Å²) in [5.74, 6) is 1.46. The molecule has 64 heavy (non-hydrogen) atoms. The Morgan fingerprint density at radius 2 is 1.42 bits per heavy atom. The lowest BCUT2D eigenvalue weighted by molar-refractivity contribution is -0.139. The normalized spacial score (nSPS) is 24.8. The summed E-state index contributed by atoms with van der Waals surface area (Å²) in [5.41, 5.74) is 5.25. The molecule has 2 aliphatic carbocycles. The molecule has 2 bridgehead atoms. The van der Waals surface area contributed by atoms with Gasteiger partial charge in [0.1, 0.15) is 23.7 Å². The highest BCUT2D eigenvalue weighted by Crippen LogP contribution is 2.58. The minimum absolute atomic E-state index is 0.0213. The number of fused-ring (bicyclic) bond motifs is 3. The Kier molecular flexibility index (Phi) is 11.8. The number of aliphatic imine (C=N–C) groups is 1. The molecule has 4 N–H and O–H groups in total. The third-order valence-corrected chi connectivity index (χ3v) is 14.5. The van der Waals surface area contributed by atoms with Crippen molar-refractivity contribution >= 4 is 40.6 Å². The van der Waals surface area contributed by atoms with Gasteiger partial charge in [-0.3, -0.25) is 14.6 Å². The Balaban J connectivity index is 0.866. The van der Waals surface area contributed by atoms with Crippen LogP contribution in [0.15, 0.2) is 71.9 Å². The highest BCUT2D eigenvalue weighted by Gasteiger charge is 2.56. The number of rotatable bonds is 13. The minimum Gasteiger partial charge on any atom is -0.453 e. The summed E-state index contributed by atoms with van der Waals surface area (Å²) in [5, 5.41) is 11.2. The lowest BCUT2D eigenvalue weighted by Gasteiger charge is -2.38. The van der Waals surface area contributed by atoms with E-state index in [1.54, 1.807) is 13.8 Å². The smallest absolute Gasteiger partial charge is 0.407 e. The summed E-state index contributed by atoms with van der Waals surface area (Å²) >= 11 is 0. The number of nitrogens with one attached hydrogen (secondary N) is 4. The average Bonchev–Trinajstić information content (AvgIpc) is 3.96. The molecule has 16 nitrogen and oxygen atoms in total. The maximum absolute atomic E-state index is 14.1. The van der Waals surface area contributed by atoms with Gasteiger partial charge in [0, 0.05) is 32.4 Å². The zero-order valence-corrected chi connectivity index (χ0v) is 37.3. The van der Waals surface area contributed by atoms with E-state index in [2.05, 4.69) is 81.6 Å². The molecule has 5 aliphatic rings. The van der Waals surface area contributed by atoms with Gasteiger partial charge < -0.3 is 49.7 Å². The number of likely N-dealkylation sites (tertiary alicyclic amines) is 2. The third kappa shape index (κ3) is 8.17. The molecule has 3 aromatic carbocycles. The summed E-state index contributed by atoms with van der Waals surface area (Å²) in [4.78, 5) is 69.5. The second-order valence-electron chi connectivity index (χ2n) is 18.2. The first-order chi connectivity index (χ1) is 30.9. The van der Waals surface area contributed by atoms with Crippen LogP contribution in [0.5, 0.6) is 0 Å². The molecule has 338 valence electrons. The average molecular weight is 875 g/mol. The second kappa shape index (κ2) is 17.5. The van der Waals surface area contributed by atoms with Crippen molar-refractivity contribution in [1.29, 1.82) is 0 Å². The van der Waals surface area contributed by atoms with Gasteiger partial charge in [0.05, 0.1) is 63.0 Å². The largest absolute Gasteiger partial charge is 0.453 e. The number of nitrogens with zero attached hydrogens (tertiary/aromatic N) is 4. The van der Waals surface area contributed by atoms with Crippen LogP contribution in [-0.4, -0.2) is 128 Å². The molecular formula is C48H58N8O8. The first-order valence-corrected chi connectivity index (χ1v) is 22.3. The lowest BCUT2D eigenvalue weighted by atomic mass is 9.95. The lowest BCUT2D eigenvalue weighted by Crippen LogP contribution is -2.60. The van der Waals surface area contributed by atoms with Crippen LogP contribution in [-0.2, 0) is 28.5 Å². The van der Waals surface area contributed by atoms with Crippen molar-refractivity contribution in [1.82, 2.24) is 35.7 Å². The van der Waals surface area contributed by atoms with Gasteiger partial charge in [0.25, 0.3) is 0 Å². The molecule has 1 aromatic heterocycles. The molecule has 9 rings (SSSR count). The highest BCUT2D eigenvalue weighted by atomic mass is 16.5. The van der Waals surface area contributed by atoms with E-state index in [-0.39, 0.29) is 41.4 Å². The monoisotopic (exact) mass is 874 g/mol. The van der Waals surface area contributed by atoms with Gasteiger partial charge in [-0.1, -0.05) is 48.5 Å². The molecule has 4 fully saturated rings. The van der Waals surface area contributed by atoms with Crippen molar-refractivity contribution in [2.45, 2.75) is 101 Å². The summed E-state index contributed by atoms with van der Waals surface area (Å²) in [6, 6.07) is 19.3. The fourth-order valence-corrected chi connectivity index (χ4v) is 10.5. The number of amidine groups is 1. The van der Waals surface area contributed by atoms with E-state index in [1.807, 2.05) is 16.0 Å². The Hall–Kier alpha value is -6.00. The van der Waals surface area contributed by atoms with Gasteiger partial charge in [-0.25, -0.2) is 14.6 Å². The Labute approximate surface area is 372 Å². The zero-order chi connectivity index (χ0) is 44.9. The Bertz CT molecular complexity index is 2450. The van der Waals surface area contributed by atoms with E-state index in [1.165, 1.54) is 28.4 Å². The number of H-pyrrole nitrogens is 1. The van der Waals surface area contributed by atoms with Crippen molar-refractivity contribution in [2.24, 2.45) is 16.3 Å². The van der Waals surface area contributed by atoms with E-state index < -0.39 is 36.5 Å². The van der Waals surface area contributed by atoms with Crippen molar-refractivity contribution < 1.29 is 38.1 Å². The predicted octanol–water partition coefficient (Wildman–Crippen LogP) is 5.89. The SMILES string of the molecule is COC(=O)N[C@H](C(=O)N1C2CCC(C2)C1C1=NCC(c2ccc(-c3ccc4cc(-c5cnc([C@@H]6CC7(CC7)CN6C(=O)[C@@H](NC(=O)OC)C(C)OC)[nH]5)ccc4c3)cc2)N1)C(C)OC. The number of alkyl carbamates (subject to hydrolysis) is 2. The number of carbonyl (C=O) groups excluding carboxylic acids is 4. The van der Waals surface area contributed by atoms with Gasteiger partial charge >= 0.3 is 12.2 Å².